The Balaban J connectivity index is 2.53. The van der Waals surface area contributed by atoms with E-state index in [1.54, 1.807) is 7.11 Å². The lowest BCUT2D eigenvalue weighted by Gasteiger charge is -2.07. The average Bonchev–Trinajstić information content (AvgIpc) is 2.49. The average molecular weight is 269 g/mol. The van der Waals surface area contributed by atoms with Gasteiger partial charge < -0.3 is 4.74 Å². The molecule has 5 nitrogen and oxygen atoms in total. The van der Waals surface area contributed by atoms with Crippen LogP contribution >= 0.6 is 0 Å². The number of rotatable bonds is 4. The van der Waals surface area contributed by atoms with Crippen LogP contribution < -0.4 is 10.3 Å². The maximum absolute atomic E-state index is 11.9. The molecule has 0 aliphatic heterocycles. The maximum atomic E-state index is 11.9. The number of ether oxygens (including phenoxy) is 1. The molecule has 0 unspecified atom stereocenters. The summed E-state index contributed by atoms with van der Waals surface area (Å²) in [4.78, 5) is 11.9. The Bertz CT molecular complexity index is 697. The molecule has 0 saturated heterocycles. The van der Waals surface area contributed by atoms with Gasteiger partial charge in [-0.3, -0.25) is 4.79 Å². The van der Waals surface area contributed by atoms with Gasteiger partial charge in [0, 0.05) is 12.1 Å². The third-order valence-electron chi connectivity index (χ3n) is 2.92. The number of methoxy groups -OCH3 is 1. The van der Waals surface area contributed by atoms with Crippen molar-refractivity contribution in [3.63, 3.8) is 0 Å². The lowest BCUT2D eigenvalue weighted by molar-refractivity contribution is 0.415. The van der Waals surface area contributed by atoms with Gasteiger partial charge in [0.15, 0.2) is 0 Å². The Morgan fingerprint density at radius 2 is 2.05 bits per heavy atom. The van der Waals surface area contributed by atoms with Gasteiger partial charge in [0.25, 0.3) is 5.56 Å². The van der Waals surface area contributed by atoms with Crippen LogP contribution in [0.1, 0.15) is 18.9 Å². The van der Waals surface area contributed by atoms with E-state index in [2.05, 4.69) is 5.10 Å². The number of hydrogen-bond acceptors (Lipinski definition) is 4. The van der Waals surface area contributed by atoms with Crippen LogP contribution in [0.4, 0.5) is 0 Å². The fourth-order valence-corrected chi connectivity index (χ4v) is 1.89. The van der Waals surface area contributed by atoms with E-state index in [-0.39, 0.29) is 11.1 Å². The highest BCUT2D eigenvalue weighted by Crippen LogP contribution is 2.20. The molecule has 0 aliphatic carbocycles. The third kappa shape index (κ3) is 2.69. The van der Waals surface area contributed by atoms with E-state index < -0.39 is 0 Å². The first-order chi connectivity index (χ1) is 9.69. The van der Waals surface area contributed by atoms with E-state index in [0.717, 1.165) is 17.7 Å². The Morgan fingerprint density at radius 1 is 1.35 bits per heavy atom. The van der Waals surface area contributed by atoms with Gasteiger partial charge in [0.05, 0.1) is 12.8 Å². The molecular formula is C15H15N3O2. The second kappa shape index (κ2) is 6.02. The van der Waals surface area contributed by atoms with Gasteiger partial charge in [0.2, 0.25) is 0 Å². The van der Waals surface area contributed by atoms with Gasteiger partial charge in [-0.2, -0.15) is 10.4 Å². The SMILES string of the molecule is CCCn1nc(-c2ccc(OC)cc2)cc(C#N)c1=O. The molecule has 5 heteroatoms. The predicted octanol–water partition coefficient (Wildman–Crippen LogP) is 2.20. The van der Waals surface area contributed by atoms with Crippen LogP contribution in [-0.4, -0.2) is 16.9 Å². The zero-order valence-electron chi connectivity index (χ0n) is 11.5. The number of benzene rings is 1. The molecule has 0 saturated carbocycles. The van der Waals surface area contributed by atoms with Crippen molar-refractivity contribution in [2.24, 2.45) is 0 Å². The number of nitriles is 1. The molecular weight excluding hydrogens is 254 g/mol. The van der Waals surface area contributed by atoms with Crippen LogP contribution in [0.15, 0.2) is 35.1 Å². The van der Waals surface area contributed by atoms with Gasteiger partial charge in [-0.05, 0) is 36.8 Å². The Hall–Kier alpha value is -2.61. The topological polar surface area (TPSA) is 67.9 Å². The van der Waals surface area contributed by atoms with E-state index >= 15 is 0 Å². The van der Waals surface area contributed by atoms with E-state index in [9.17, 15) is 4.79 Å². The van der Waals surface area contributed by atoms with Crippen molar-refractivity contribution in [3.05, 3.63) is 46.2 Å². The van der Waals surface area contributed by atoms with E-state index in [4.69, 9.17) is 10.00 Å². The fourth-order valence-electron chi connectivity index (χ4n) is 1.89. The standard InChI is InChI=1S/C15H15N3O2/c1-3-8-18-15(19)12(10-16)9-14(17-18)11-4-6-13(20-2)7-5-11/h4-7,9H,3,8H2,1-2H3. The Labute approximate surface area is 117 Å². The molecule has 20 heavy (non-hydrogen) atoms. The van der Waals surface area contributed by atoms with Gasteiger partial charge in [-0.25, -0.2) is 4.68 Å². The quantitative estimate of drug-likeness (QED) is 0.853. The van der Waals surface area contributed by atoms with Crippen LogP contribution in [0, 0.1) is 11.3 Å². The van der Waals surface area contributed by atoms with E-state index in [1.165, 1.54) is 10.7 Å². The Kier molecular flexibility index (Phi) is 4.16. The number of nitrogens with zero attached hydrogens (tertiary/aromatic N) is 3. The second-order valence-electron chi connectivity index (χ2n) is 4.31. The number of hydrogen-bond donors (Lipinski definition) is 0. The van der Waals surface area contributed by atoms with Crippen LogP contribution in [0.2, 0.25) is 0 Å². The molecule has 1 aromatic heterocycles. The maximum Gasteiger partial charge on any atom is 0.284 e. The molecule has 0 atom stereocenters. The van der Waals surface area contributed by atoms with Crippen LogP contribution in [0.3, 0.4) is 0 Å². The summed E-state index contributed by atoms with van der Waals surface area (Å²) in [6, 6.07) is 10.8. The van der Waals surface area contributed by atoms with Crippen LogP contribution in [-0.2, 0) is 6.54 Å². The fraction of sp³-hybridized carbons (Fsp3) is 0.267. The molecule has 2 rings (SSSR count). The summed E-state index contributed by atoms with van der Waals surface area (Å²) in [6.07, 6.45) is 0.782. The molecule has 1 aromatic carbocycles. The van der Waals surface area contributed by atoms with Crippen molar-refractivity contribution in [2.45, 2.75) is 19.9 Å². The zero-order valence-corrected chi connectivity index (χ0v) is 11.5. The number of aromatic nitrogens is 2. The van der Waals surface area contributed by atoms with Crippen molar-refractivity contribution < 1.29 is 4.74 Å². The summed E-state index contributed by atoms with van der Waals surface area (Å²) in [6.45, 7) is 2.46. The Morgan fingerprint density at radius 3 is 2.60 bits per heavy atom. The van der Waals surface area contributed by atoms with Gasteiger partial charge >= 0.3 is 0 Å². The van der Waals surface area contributed by atoms with Crippen molar-refractivity contribution in [1.82, 2.24) is 9.78 Å². The monoisotopic (exact) mass is 269 g/mol. The molecule has 0 aliphatic rings. The second-order valence-corrected chi connectivity index (χ2v) is 4.31. The summed E-state index contributed by atoms with van der Waals surface area (Å²) in [5.41, 5.74) is 1.22. The van der Waals surface area contributed by atoms with E-state index in [1.807, 2.05) is 37.3 Å². The molecule has 1 heterocycles. The highest BCUT2D eigenvalue weighted by atomic mass is 16.5. The van der Waals surface area contributed by atoms with Gasteiger partial charge in [-0.15, -0.1) is 0 Å². The molecule has 0 bridgehead atoms. The molecule has 0 N–H and O–H groups in total. The smallest absolute Gasteiger partial charge is 0.284 e. The normalized spacial score (nSPS) is 10.1. The van der Waals surface area contributed by atoms with Crippen molar-refractivity contribution in [2.75, 3.05) is 7.11 Å². The molecule has 0 fully saturated rings. The minimum Gasteiger partial charge on any atom is -0.497 e. The van der Waals surface area contributed by atoms with Gasteiger partial charge in [0.1, 0.15) is 17.4 Å². The number of aryl methyl sites for hydroxylation is 1. The van der Waals surface area contributed by atoms with Crippen molar-refractivity contribution >= 4 is 0 Å². The molecule has 2 aromatic rings. The summed E-state index contributed by atoms with van der Waals surface area (Å²) >= 11 is 0. The third-order valence-corrected chi connectivity index (χ3v) is 2.92. The predicted molar refractivity (Wildman–Crippen MR) is 75.5 cm³/mol. The van der Waals surface area contributed by atoms with Crippen LogP contribution in [0.5, 0.6) is 5.75 Å². The first-order valence-electron chi connectivity index (χ1n) is 6.36. The van der Waals surface area contributed by atoms with Crippen molar-refractivity contribution in [3.8, 4) is 23.1 Å². The summed E-state index contributed by atoms with van der Waals surface area (Å²) in [5.74, 6) is 0.746. The lowest BCUT2D eigenvalue weighted by Crippen LogP contribution is -2.25. The summed E-state index contributed by atoms with van der Waals surface area (Å²) in [7, 11) is 1.60. The van der Waals surface area contributed by atoms with Crippen molar-refractivity contribution in [1.29, 1.82) is 5.26 Å². The zero-order chi connectivity index (χ0) is 14.5. The largest absolute Gasteiger partial charge is 0.497 e. The minimum atomic E-state index is -0.341. The highest BCUT2D eigenvalue weighted by molar-refractivity contribution is 5.61. The summed E-state index contributed by atoms with van der Waals surface area (Å²) < 4.78 is 6.45. The van der Waals surface area contributed by atoms with E-state index in [0.29, 0.717) is 12.2 Å². The van der Waals surface area contributed by atoms with Crippen LogP contribution in [0.25, 0.3) is 11.3 Å². The lowest BCUT2D eigenvalue weighted by atomic mass is 10.1. The highest BCUT2D eigenvalue weighted by Gasteiger charge is 2.09. The molecule has 0 amide bonds. The first kappa shape index (κ1) is 13.8. The summed E-state index contributed by atoms with van der Waals surface area (Å²) in [5, 5.41) is 13.4. The molecule has 0 radical (unpaired) electrons. The molecule has 0 spiro atoms. The minimum absolute atomic E-state index is 0.110. The molecule has 102 valence electrons. The van der Waals surface area contributed by atoms with Gasteiger partial charge in [-0.1, -0.05) is 6.92 Å². The first-order valence-corrected chi connectivity index (χ1v) is 6.36.